The molecule has 1 aromatic carbocycles. The van der Waals surface area contributed by atoms with Gasteiger partial charge in [-0.15, -0.1) is 0 Å². The molecule has 4 nitrogen and oxygen atoms in total. The van der Waals surface area contributed by atoms with Gasteiger partial charge in [-0.2, -0.15) is 0 Å². The predicted molar refractivity (Wildman–Crippen MR) is 83.9 cm³/mol. The van der Waals surface area contributed by atoms with Crippen LogP contribution in [-0.2, 0) is 24.8 Å². The molecule has 0 aromatic heterocycles. The van der Waals surface area contributed by atoms with Gasteiger partial charge in [0.1, 0.15) is 6.10 Å². The maximum atomic E-state index is 12.0. The van der Waals surface area contributed by atoms with Crippen LogP contribution in [0, 0.1) is 0 Å². The van der Waals surface area contributed by atoms with E-state index in [0.717, 1.165) is 11.8 Å². The third kappa shape index (κ3) is 4.30. The first-order valence-electron chi connectivity index (χ1n) is 7.05. The fourth-order valence-corrected chi connectivity index (χ4v) is 2.61. The summed E-state index contributed by atoms with van der Waals surface area (Å²) in [4.78, 5) is 12.0. The molecule has 0 saturated heterocycles. The Balaban J connectivity index is 2.96. The van der Waals surface area contributed by atoms with Crippen LogP contribution in [-0.4, -0.2) is 32.0 Å². The monoisotopic (exact) mass is 312 g/mol. The summed E-state index contributed by atoms with van der Waals surface area (Å²) in [6, 6.07) is 9.76. The maximum absolute atomic E-state index is 12.0. The van der Waals surface area contributed by atoms with Crippen molar-refractivity contribution in [1.29, 1.82) is 0 Å². The highest BCUT2D eigenvalue weighted by molar-refractivity contribution is 7.92. The number of hydrogen-bond acceptors (Lipinski definition) is 4. The molecule has 1 aromatic rings. The SMILES string of the molecule is CC[C@@H](OC(=O)[C@@H](C)S(C)(=O)=O)C(C)(C)c1ccccc1. The van der Waals surface area contributed by atoms with E-state index in [9.17, 15) is 13.2 Å². The van der Waals surface area contributed by atoms with Crippen LogP contribution in [0.15, 0.2) is 30.3 Å². The molecule has 0 aliphatic carbocycles. The highest BCUT2D eigenvalue weighted by Gasteiger charge is 2.35. The highest BCUT2D eigenvalue weighted by atomic mass is 32.2. The first-order chi connectivity index (χ1) is 9.60. The lowest BCUT2D eigenvalue weighted by atomic mass is 9.78. The van der Waals surface area contributed by atoms with Crippen molar-refractivity contribution in [2.75, 3.05) is 6.26 Å². The molecule has 21 heavy (non-hydrogen) atoms. The fraction of sp³-hybridized carbons (Fsp3) is 0.562. The number of esters is 1. The summed E-state index contributed by atoms with van der Waals surface area (Å²) in [6.45, 7) is 7.28. The topological polar surface area (TPSA) is 60.4 Å². The Labute approximate surface area is 127 Å². The minimum Gasteiger partial charge on any atom is -0.461 e. The number of carbonyl (C=O) groups is 1. The zero-order valence-electron chi connectivity index (χ0n) is 13.3. The minimum absolute atomic E-state index is 0.378. The van der Waals surface area contributed by atoms with Crippen molar-refractivity contribution in [2.24, 2.45) is 0 Å². The molecular weight excluding hydrogens is 288 g/mol. The van der Waals surface area contributed by atoms with E-state index < -0.39 is 21.1 Å². The van der Waals surface area contributed by atoms with Crippen molar-refractivity contribution in [1.82, 2.24) is 0 Å². The molecule has 0 amide bonds. The number of rotatable bonds is 6. The summed E-state index contributed by atoms with van der Waals surface area (Å²) in [5, 5.41) is -1.14. The fourth-order valence-electron chi connectivity index (χ4n) is 2.21. The van der Waals surface area contributed by atoms with E-state index in [2.05, 4.69) is 0 Å². The lowest BCUT2D eigenvalue weighted by Gasteiger charge is -2.34. The molecule has 5 heteroatoms. The van der Waals surface area contributed by atoms with Crippen LogP contribution < -0.4 is 0 Å². The molecule has 0 heterocycles. The number of hydrogen-bond donors (Lipinski definition) is 0. The van der Waals surface area contributed by atoms with Crippen LogP contribution in [0.2, 0.25) is 0 Å². The van der Waals surface area contributed by atoms with E-state index in [1.165, 1.54) is 6.92 Å². The van der Waals surface area contributed by atoms with Gasteiger partial charge in [0.05, 0.1) is 0 Å². The van der Waals surface area contributed by atoms with E-state index in [1.54, 1.807) is 0 Å². The molecule has 0 aliphatic heterocycles. The second kappa shape index (κ2) is 6.60. The Morgan fingerprint density at radius 1 is 1.24 bits per heavy atom. The van der Waals surface area contributed by atoms with Crippen molar-refractivity contribution >= 4 is 15.8 Å². The molecule has 0 unspecified atom stereocenters. The van der Waals surface area contributed by atoms with Crippen molar-refractivity contribution in [3.63, 3.8) is 0 Å². The molecule has 0 bridgehead atoms. The first kappa shape index (κ1) is 17.7. The van der Waals surface area contributed by atoms with E-state index in [-0.39, 0.29) is 11.5 Å². The summed E-state index contributed by atoms with van der Waals surface area (Å²) >= 11 is 0. The van der Waals surface area contributed by atoms with Crippen molar-refractivity contribution in [3.8, 4) is 0 Å². The van der Waals surface area contributed by atoms with Gasteiger partial charge >= 0.3 is 5.97 Å². The van der Waals surface area contributed by atoms with Crippen LogP contribution in [0.5, 0.6) is 0 Å². The van der Waals surface area contributed by atoms with Gasteiger partial charge in [0.25, 0.3) is 0 Å². The van der Waals surface area contributed by atoms with Gasteiger partial charge in [0, 0.05) is 11.7 Å². The summed E-state index contributed by atoms with van der Waals surface area (Å²) in [5.74, 6) is -0.687. The molecule has 0 N–H and O–H groups in total. The summed E-state index contributed by atoms with van der Waals surface area (Å²) in [5.41, 5.74) is 0.666. The largest absolute Gasteiger partial charge is 0.461 e. The zero-order valence-corrected chi connectivity index (χ0v) is 14.1. The number of sulfone groups is 1. The average molecular weight is 312 g/mol. The number of ether oxygens (including phenoxy) is 1. The van der Waals surface area contributed by atoms with E-state index in [4.69, 9.17) is 4.74 Å². The van der Waals surface area contributed by atoms with Gasteiger partial charge < -0.3 is 4.74 Å². The lowest BCUT2D eigenvalue weighted by Crippen LogP contribution is -2.40. The quantitative estimate of drug-likeness (QED) is 0.758. The molecule has 118 valence electrons. The minimum atomic E-state index is -3.44. The van der Waals surface area contributed by atoms with Gasteiger partial charge in [0.15, 0.2) is 15.1 Å². The smallest absolute Gasteiger partial charge is 0.324 e. The first-order valence-corrected chi connectivity index (χ1v) is 9.01. The van der Waals surface area contributed by atoms with Crippen molar-refractivity contribution in [3.05, 3.63) is 35.9 Å². The Hall–Kier alpha value is -1.36. The van der Waals surface area contributed by atoms with E-state index >= 15 is 0 Å². The van der Waals surface area contributed by atoms with Crippen molar-refractivity contribution < 1.29 is 17.9 Å². The zero-order chi connectivity index (χ0) is 16.3. The Bertz CT molecular complexity index is 576. The Morgan fingerprint density at radius 2 is 1.76 bits per heavy atom. The van der Waals surface area contributed by atoms with E-state index in [1.807, 2.05) is 51.1 Å². The highest BCUT2D eigenvalue weighted by Crippen LogP contribution is 2.31. The Kier molecular flexibility index (Phi) is 5.56. The Morgan fingerprint density at radius 3 is 2.19 bits per heavy atom. The van der Waals surface area contributed by atoms with Gasteiger partial charge in [-0.05, 0) is 18.9 Å². The van der Waals surface area contributed by atoms with Gasteiger partial charge in [-0.1, -0.05) is 51.1 Å². The second-order valence-corrected chi connectivity index (χ2v) is 8.26. The van der Waals surface area contributed by atoms with E-state index in [0.29, 0.717) is 6.42 Å². The summed E-state index contributed by atoms with van der Waals surface area (Å²) < 4.78 is 28.4. The molecule has 0 fully saturated rings. The summed E-state index contributed by atoms with van der Waals surface area (Å²) in [6.07, 6.45) is 1.28. The predicted octanol–water partition coefficient (Wildman–Crippen LogP) is 2.72. The van der Waals surface area contributed by atoms with Crippen LogP contribution in [0.1, 0.15) is 39.7 Å². The third-order valence-corrected chi connectivity index (χ3v) is 5.40. The molecular formula is C16H24O4S. The average Bonchev–Trinajstić information content (AvgIpc) is 2.43. The van der Waals surface area contributed by atoms with Crippen LogP contribution in [0.3, 0.4) is 0 Å². The molecule has 0 aliphatic rings. The molecule has 0 radical (unpaired) electrons. The van der Waals surface area contributed by atoms with Gasteiger partial charge in [0.2, 0.25) is 0 Å². The van der Waals surface area contributed by atoms with Crippen molar-refractivity contribution in [2.45, 2.75) is 50.9 Å². The molecule has 0 spiro atoms. The van der Waals surface area contributed by atoms with Gasteiger partial charge in [-0.25, -0.2) is 8.42 Å². The van der Waals surface area contributed by atoms with Crippen LogP contribution >= 0.6 is 0 Å². The normalized spacial score (nSPS) is 15.3. The summed E-state index contributed by atoms with van der Waals surface area (Å²) in [7, 11) is -3.44. The lowest BCUT2D eigenvalue weighted by molar-refractivity contribution is -0.151. The molecule has 0 saturated carbocycles. The van der Waals surface area contributed by atoms with Crippen LogP contribution in [0.25, 0.3) is 0 Å². The third-order valence-electron chi connectivity index (χ3n) is 3.93. The maximum Gasteiger partial charge on any atom is 0.324 e. The van der Waals surface area contributed by atoms with Gasteiger partial charge in [-0.3, -0.25) is 4.79 Å². The number of benzene rings is 1. The molecule has 1 rings (SSSR count). The standard InChI is InChI=1S/C16H24O4S/c1-6-14(20-15(17)12(2)21(5,18)19)16(3,4)13-10-8-7-9-11-13/h7-12,14H,6H2,1-5H3/t12-,14-/m1/s1. The molecule has 2 atom stereocenters. The van der Waals surface area contributed by atoms with Crippen LogP contribution in [0.4, 0.5) is 0 Å². The number of carbonyl (C=O) groups excluding carboxylic acids is 1. The second-order valence-electron chi connectivity index (χ2n) is 5.89.